The quantitative estimate of drug-likeness (QED) is 0.641. The Morgan fingerprint density at radius 1 is 1.21 bits per heavy atom. The fourth-order valence-electron chi connectivity index (χ4n) is 1.26. The van der Waals surface area contributed by atoms with Gasteiger partial charge in [-0.2, -0.15) is 0 Å². The molecule has 0 N–H and O–H groups in total. The first-order valence-corrected chi connectivity index (χ1v) is 4.32. The standard InChI is InChI=1S/C10H10N2O2/c1-7-3-5-9(6-4-7)10-8(2)12(13)14-11-10/h3-6H,1-2H3. The number of aryl methyl sites for hydroxylation is 1. The van der Waals surface area contributed by atoms with Crippen molar-refractivity contribution < 1.29 is 9.53 Å². The summed E-state index contributed by atoms with van der Waals surface area (Å²) in [7, 11) is 0. The third kappa shape index (κ3) is 1.35. The van der Waals surface area contributed by atoms with Crippen LogP contribution in [0.1, 0.15) is 11.3 Å². The number of rotatable bonds is 1. The molecule has 0 fully saturated rings. The van der Waals surface area contributed by atoms with Gasteiger partial charge in [0.25, 0.3) is 5.69 Å². The predicted molar refractivity (Wildman–Crippen MR) is 50.4 cm³/mol. The normalized spacial score (nSPS) is 10.4. The largest absolute Gasteiger partial charge is 0.359 e. The van der Waals surface area contributed by atoms with Crippen molar-refractivity contribution in [2.75, 3.05) is 0 Å². The zero-order chi connectivity index (χ0) is 10.1. The maximum atomic E-state index is 11.0. The van der Waals surface area contributed by atoms with Gasteiger partial charge in [-0.05, 0) is 11.8 Å². The first-order valence-electron chi connectivity index (χ1n) is 4.32. The summed E-state index contributed by atoms with van der Waals surface area (Å²) in [5.41, 5.74) is 3.14. The second-order valence-electron chi connectivity index (χ2n) is 3.23. The van der Waals surface area contributed by atoms with E-state index in [1.165, 1.54) is 5.56 Å². The predicted octanol–water partition coefficient (Wildman–Crippen LogP) is 1.59. The lowest BCUT2D eigenvalue weighted by Crippen LogP contribution is -2.25. The van der Waals surface area contributed by atoms with Gasteiger partial charge in [0, 0.05) is 17.6 Å². The van der Waals surface area contributed by atoms with Crippen molar-refractivity contribution in [3.63, 3.8) is 0 Å². The van der Waals surface area contributed by atoms with Crippen LogP contribution in [0.15, 0.2) is 28.9 Å². The van der Waals surface area contributed by atoms with E-state index >= 15 is 0 Å². The highest BCUT2D eigenvalue weighted by Crippen LogP contribution is 2.18. The highest BCUT2D eigenvalue weighted by atomic mass is 16.8. The molecular weight excluding hydrogens is 180 g/mol. The molecule has 0 atom stereocenters. The molecule has 0 aliphatic carbocycles. The lowest BCUT2D eigenvalue weighted by molar-refractivity contribution is -0.806. The van der Waals surface area contributed by atoms with Crippen molar-refractivity contribution in [1.29, 1.82) is 0 Å². The van der Waals surface area contributed by atoms with Crippen molar-refractivity contribution in [2.45, 2.75) is 13.8 Å². The molecule has 1 heterocycles. The molecule has 0 spiro atoms. The Hall–Kier alpha value is -1.84. The first-order chi connectivity index (χ1) is 6.68. The van der Waals surface area contributed by atoms with Gasteiger partial charge in [0.05, 0.1) is 0 Å². The Morgan fingerprint density at radius 3 is 2.36 bits per heavy atom. The fourth-order valence-corrected chi connectivity index (χ4v) is 1.26. The van der Waals surface area contributed by atoms with Gasteiger partial charge in [0.1, 0.15) is 0 Å². The van der Waals surface area contributed by atoms with Crippen LogP contribution in [0.25, 0.3) is 11.3 Å². The van der Waals surface area contributed by atoms with Crippen LogP contribution < -0.4 is 4.90 Å². The van der Waals surface area contributed by atoms with E-state index in [-0.39, 0.29) is 0 Å². The fraction of sp³-hybridized carbons (Fsp3) is 0.200. The molecule has 0 bridgehead atoms. The van der Waals surface area contributed by atoms with E-state index in [9.17, 15) is 5.21 Å². The smallest absolute Gasteiger partial charge is 0.251 e. The van der Waals surface area contributed by atoms with Gasteiger partial charge < -0.3 is 5.21 Å². The summed E-state index contributed by atoms with van der Waals surface area (Å²) >= 11 is 0. The Bertz CT molecular complexity index is 446. The molecule has 0 amide bonds. The summed E-state index contributed by atoms with van der Waals surface area (Å²) in [5.74, 6) is 0. The number of hydrogen-bond acceptors (Lipinski definition) is 3. The van der Waals surface area contributed by atoms with Gasteiger partial charge >= 0.3 is 0 Å². The Kier molecular flexibility index (Phi) is 1.96. The van der Waals surface area contributed by atoms with Gasteiger partial charge in [-0.3, -0.25) is 4.63 Å². The molecular formula is C10H10N2O2. The van der Waals surface area contributed by atoms with E-state index < -0.39 is 0 Å². The maximum Gasteiger partial charge on any atom is 0.251 e. The summed E-state index contributed by atoms with van der Waals surface area (Å²) < 4.78 is 4.49. The minimum Gasteiger partial charge on any atom is -0.359 e. The lowest BCUT2D eigenvalue weighted by Gasteiger charge is -1.94. The van der Waals surface area contributed by atoms with E-state index in [0.717, 1.165) is 5.56 Å². The highest BCUT2D eigenvalue weighted by Gasteiger charge is 2.15. The van der Waals surface area contributed by atoms with E-state index in [0.29, 0.717) is 16.3 Å². The van der Waals surface area contributed by atoms with E-state index in [1.807, 2.05) is 31.2 Å². The average molecular weight is 190 g/mol. The second-order valence-corrected chi connectivity index (χ2v) is 3.23. The van der Waals surface area contributed by atoms with Crippen LogP contribution in [0.3, 0.4) is 0 Å². The molecule has 72 valence electrons. The van der Waals surface area contributed by atoms with Gasteiger partial charge in [0.2, 0.25) is 5.69 Å². The van der Waals surface area contributed by atoms with Crippen LogP contribution in [0, 0.1) is 19.1 Å². The Labute approximate surface area is 81.3 Å². The summed E-state index contributed by atoms with van der Waals surface area (Å²) in [6.45, 7) is 3.69. The van der Waals surface area contributed by atoms with Crippen LogP contribution in [-0.2, 0) is 0 Å². The van der Waals surface area contributed by atoms with E-state index in [1.54, 1.807) is 6.92 Å². The molecule has 0 saturated carbocycles. The monoisotopic (exact) mass is 190 g/mol. The van der Waals surface area contributed by atoms with Crippen LogP contribution in [0.2, 0.25) is 0 Å². The molecule has 2 aromatic rings. The molecule has 4 heteroatoms. The molecule has 4 nitrogen and oxygen atoms in total. The average Bonchev–Trinajstić information content (AvgIpc) is 2.50. The minimum absolute atomic E-state index is 0.412. The molecule has 0 aliphatic heterocycles. The molecule has 0 radical (unpaired) electrons. The number of benzene rings is 1. The number of aromatic nitrogens is 2. The Morgan fingerprint density at radius 2 is 1.86 bits per heavy atom. The van der Waals surface area contributed by atoms with Crippen molar-refractivity contribution in [1.82, 2.24) is 5.16 Å². The molecule has 0 saturated heterocycles. The van der Waals surface area contributed by atoms with Crippen LogP contribution in [-0.4, -0.2) is 5.16 Å². The third-order valence-corrected chi connectivity index (χ3v) is 2.15. The zero-order valence-electron chi connectivity index (χ0n) is 8.02. The Balaban J connectivity index is 2.49. The zero-order valence-corrected chi connectivity index (χ0v) is 8.02. The van der Waals surface area contributed by atoms with Crippen molar-refractivity contribution in [3.05, 3.63) is 40.7 Å². The van der Waals surface area contributed by atoms with Gasteiger partial charge in [-0.15, -0.1) is 0 Å². The SMILES string of the molecule is Cc1ccc(-c2no[n+]([O-])c2C)cc1. The van der Waals surface area contributed by atoms with Crippen LogP contribution in [0.5, 0.6) is 0 Å². The molecule has 1 aromatic heterocycles. The lowest BCUT2D eigenvalue weighted by atomic mass is 10.1. The summed E-state index contributed by atoms with van der Waals surface area (Å²) in [6, 6.07) is 7.78. The molecule has 0 unspecified atom stereocenters. The van der Waals surface area contributed by atoms with Crippen LogP contribution in [0.4, 0.5) is 0 Å². The summed E-state index contributed by atoms with van der Waals surface area (Å²) in [6.07, 6.45) is 0. The third-order valence-electron chi connectivity index (χ3n) is 2.15. The molecule has 2 rings (SSSR count). The highest BCUT2D eigenvalue weighted by molar-refractivity contribution is 5.59. The first kappa shape index (κ1) is 8.74. The van der Waals surface area contributed by atoms with E-state index in [2.05, 4.69) is 9.79 Å². The minimum atomic E-state index is 0.412. The molecule has 14 heavy (non-hydrogen) atoms. The number of hydrogen-bond donors (Lipinski definition) is 0. The summed E-state index contributed by atoms with van der Waals surface area (Å²) in [5, 5.41) is 14.7. The topological polar surface area (TPSA) is 53.0 Å². The second kappa shape index (κ2) is 3.14. The van der Waals surface area contributed by atoms with Crippen molar-refractivity contribution in [3.8, 4) is 11.3 Å². The van der Waals surface area contributed by atoms with E-state index in [4.69, 9.17) is 0 Å². The maximum absolute atomic E-state index is 11.0. The number of nitrogens with zero attached hydrogens (tertiary/aromatic N) is 2. The van der Waals surface area contributed by atoms with Gasteiger partial charge in [-0.25, -0.2) is 0 Å². The van der Waals surface area contributed by atoms with Crippen molar-refractivity contribution >= 4 is 0 Å². The molecule has 0 aliphatic rings. The summed E-state index contributed by atoms with van der Waals surface area (Å²) in [4.78, 5) is 0.412. The van der Waals surface area contributed by atoms with Gasteiger partial charge in [-0.1, -0.05) is 29.8 Å². The molecule has 1 aromatic carbocycles. The van der Waals surface area contributed by atoms with Crippen LogP contribution >= 0.6 is 0 Å². The van der Waals surface area contributed by atoms with Gasteiger partial charge in [0.15, 0.2) is 0 Å². The van der Waals surface area contributed by atoms with Crippen molar-refractivity contribution in [2.24, 2.45) is 0 Å².